The van der Waals surface area contributed by atoms with Gasteiger partial charge in [0.25, 0.3) is 0 Å². The maximum absolute atomic E-state index is 9.15. The van der Waals surface area contributed by atoms with Gasteiger partial charge in [0.2, 0.25) is 0 Å². The molecule has 1 rings (SSSR count). The first-order valence-corrected chi connectivity index (χ1v) is 5.12. The van der Waals surface area contributed by atoms with Gasteiger partial charge in [-0.1, -0.05) is 27.7 Å². The molecule has 0 aromatic carbocycles. The molecule has 1 aliphatic rings. The SMILES string of the molecule is CC(C)C.COC1=CC(C)CC=C1O. The summed E-state index contributed by atoms with van der Waals surface area (Å²) >= 11 is 0. The molecule has 0 aromatic heterocycles. The number of ether oxygens (including phenoxy) is 1. The second kappa shape index (κ2) is 6.52. The lowest BCUT2D eigenvalue weighted by atomic mass is 10.0. The summed E-state index contributed by atoms with van der Waals surface area (Å²) in [5, 5.41) is 9.15. The van der Waals surface area contributed by atoms with E-state index >= 15 is 0 Å². The molecule has 0 radical (unpaired) electrons. The standard InChI is InChI=1S/C8H12O2.C4H10/c1-6-3-4-7(9)8(5-6)10-2;1-4(2)3/h4-6,9H,3H2,1-2H3;4H,1-3H3. The lowest BCUT2D eigenvalue weighted by molar-refractivity contribution is 0.247. The summed E-state index contributed by atoms with van der Waals surface area (Å²) in [6.07, 6.45) is 4.61. The number of hydrogen-bond acceptors (Lipinski definition) is 2. The van der Waals surface area contributed by atoms with Gasteiger partial charge in [0.05, 0.1) is 7.11 Å². The maximum Gasteiger partial charge on any atom is 0.156 e. The first-order valence-electron chi connectivity index (χ1n) is 5.12. The van der Waals surface area contributed by atoms with E-state index in [4.69, 9.17) is 9.84 Å². The van der Waals surface area contributed by atoms with Crippen LogP contribution in [0.2, 0.25) is 0 Å². The minimum atomic E-state index is 0.264. The van der Waals surface area contributed by atoms with Crippen molar-refractivity contribution in [1.29, 1.82) is 0 Å². The van der Waals surface area contributed by atoms with Crippen LogP contribution in [0.15, 0.2) is 23.7 Å². The van der Waals surface area contributed by atoms with E-state index in [0.29, 0.717) is 11.7 Å². The van der Waals surface area contributed by atoms with Gasteiger partial charge in [0, 0.05) is 0 Å². The average molecular weight is 198 g/mol. The van der Waals surface area contributed by atoms with E-state index in [9.17, 15) is 0 Å². The summed E-state index contributed by atoms with van der Waals surface area (Å²) in [4.78, 5) is 0. The zero-order valence-corrected chi connectivity index (χ0v) is 9.87. The van der Waals surface area contributed by atoms with Crippen LogP contribution < -0.4 is 0 Å². The van der Waals surface area contributed by atoms with Crippen LogP contribution in [-0.2, 0) is 4.74 Å². The van der Waals surface area contributed by atoms with E-state index in [1.54, 1.807) is 13.2 Å². The van der Waals surface area contributed by atoms with Gasteiger partial charge < -0.3 is 9.84 Å². The quantitative estimate of drug-likeness (QED) is 0.696. The van der Waals surface area contributed by atoms with Gasteiger partial charge in [-0.25, -0.2) is 0 Å². The minimum Gasteiger partial charge on any atom is -0.504 e. The average Bonchev–Trinajstić information content (AvgIpc) is 2.08. The molecule has 0 aromatic rings. The molecule has 0 saturated heterocycles. The molecular weight excluding hydrogens is 176 g/mol. The fraction of sp³-hybridized carbons (Fsp3) is 0.667. The fourth-order valence-electron chi connectivity index (χ4n) is 0.983. The Morgan fingerprint density at radius 3 is 2.29 bits per heavy atom. The number of methoxy groups -OCH3 is 1. The highest BCUT2D eigenvalue weighted by molar-refractivity contribution is 5.23. The van der Waals surface area contributed by atoms with E-state index in [-0.39, 0.29) is 5.76 Å². The molecule has 0 saturated carbocycles. The first-order chi connectivity index (χ1) is 6.47. The van der Waals surface area contributed by atoms with Crippen molar-refractivity contribution in [3.63, 3.8) is 0 Å². The molecular formula is C12H22O2. The Labute approximate surface area is 87.3 Å². The van der Waals surface area contributed by atoms with Crippen LogP contribution in [0, 0.1) is 11.8 Å². The molecule has 0 spiro atoms. The molecule has 1 atom stereocenters. The van der Waals surface area contributed by atoms with Crippen LogP contribution in [-0.4, -0.2) is 12.2 Å². The summed E-state index contributed by atoms with van der Waals surface area (Å²) in [7, 11) is 1.56. The highest BCUT2D eigenvalue weighted by Gasteiger charge is 2.10. The molecule has 0 fully saturated rings. The van der Waals surface area contributed by atoms with Gasteiger partial charge in [0.15, 0.2) is 11.5 Å². The summed E-state index contributed by atoms with van der Waals surface area (Å²) < 4.78 is 4.92. The summed E-state index contributed by atoms with van der Waals surface area (Å²) in [6, 6.07) is 0. The molecule has 2 nitrogen and oxygen atoms in total. The van der Waals surface area contributed by atoms with E-state index in [1.807, 2.05) is 6.08 Å². The molecule has 1 unspecified atom stereocenters. The molecule has 0 heterocycles. The van der Waals surface area contributed by atoms with Gasteiger partial charge in [-0.3, -0.25) is 0 Å². The smallest absolute Gasteiger partial charge is 0.156 e. The van der Waals surface area contributed by atoms with Crippen molar-refractivity contribution in [2.24, 2.45) is 11.8 Å². The second-order valence-corrected chi connectivity index (χ2v) is 4.27. The maximum atomic E-state index is 9.15. The molecule has 0 bridgehead atoms. The Bertz CT molecular complexity index is 212. The summed E-state index contributed by atoms with van der Waals surface area (Å²) in [5.41, 5.74) is 0. The molecule has 0 aliphatic heterocycles. The van der Waals surface area contributed by atoms with Crippen LogP contribution >= 0.6 is 0 Å². The Balaban J connectivity index is 0.000000364. The van der Waals surface area contributed by atoms with Crippen molar-refractivity contribution in [2.45, 2.75) is 34.1 Å². The Morgan fingerprint density at radius 2 is 1.93 bits per heavy atom. The molecule has 1 aliphatic carbocycles. The van der Waals surface area contributed by atoms with E-state index < -0.39 is 0 Å². The third-order valence-corrected chi connectivity index (χ3v) is 1.59. The van der Waals surface area contributed by atoms with Gasteiger partial charge >= 0.3 is 0 Å². The highest BCUT2D eigenvalue weighted by Crippen LogP contribution is 2.20. The van der Waals surface area contributed by atoms with Gasteiger partial charge in [-0.2, -0.15) is 0 Å². The number of hydrogen-bond donors (Lipinski definition) is 1. The molecule has 14 heavy (non-hydrogen) atoms. The zero-order valence-electron chi connectivity index (χ0n) is 9.87. The molecule has 1 N–H and O–H groups in total. The summed E-state index contributed by atoms with van der Waals surface area (Å²) in [6.45, 7) is 8.59. The fourth-order valence-corrected chi connectivity index (χ4v) is 0.983. The second-order valence-electron chi connectivity index (χ2n) is 4.27. The van der Waals surface area contributed by atoms with Gasteiger partial charge in [-0.15, -0.1) is 0 Å². The van der Waals surface area contributed by atoms with Crippen LogP contribution in [0.4, 0.5) is 0 Å². The lowest BCUT2D eigenvalue weighted by Crippen LogP contribution is -2.02. The van der Waals surface area contributed by atoms with Crippen molar-refractivity contribution in [1.82, 2.24) is 0 Å². The Kier molecular flexibility index (Phi) is 6.09. The molecule has 0 amide bonds. The normalized spacial score (nSPS) is 20.6. The topological polar surface area (TPSA) is 29.5 Å². The predicted molar refractivity (Wildman–Crippen MR) is 60.1 cm³/mol. The lowest BCUT2D eigenvalue weighted by Gasteiger charge is -2.13. The van der Waals surface area contributed by atoms with Crippen LogP contribution in [0.25, 0.3) is 0 Å². The monoisotopic (exact) mass is 198 g/mol. The largest absolute Gasteiger partial charge is 0.504 e. The van der Waals surface area contributed by atoms with Gasteiger partial charge in [-0.05, 0) is 30.4 Å². The van der Waals surface area contributed by atoms with E-state index in [0.717, 1.165) is 12.3 Å². The number of aliphatic hydroxyl groups is 1. The van der Waals surface area contributed by atoms with Crippen molar-refractivity contribution >= 4 is 0 Å². The van der Waals surface area contributed by atoms with Gasteiger partial charge in [0.1, 0.15) is 0 Å². The Morgan fingerprint density at radius 1 is 1.43 bits per heavy atom. The van der Waals surface area contributed by atoms with Crippen LogP contribution in [0.5, 0.6) is 0 Å². The van der Waals surface area contributed by atoms with Crippen molar-refractivity contribution < 1.29 is 9.84 Å². The van der Waals surface area contributed by atoms with E-state index in [1.165, 1.54) is 0 Å². The minimum absolute atomic E-state index is 0.264. The van der Waals surface area contributed by atoms with Crippen molar-refractivity contribution in [3.8, 4) is 0 Å². The molecule has 2 heteroatoms. The Hall–Kier alpha value is -0.920. The number of allylic oxidation sites excluding steroid dienone is 2. The van der Waals surface area contributed by atoms with Crippen molar-refractivity contribution in [2.75, 3.05) is 7.11 Å². The zero-order chi connectivity index (χ0) is 11.1. The molecule has 82 valence electrons. The number of rotatable bonds is 1. The number of aliphatic hydroxyl groups excluding tert-OH is 1. The third kappa shape index (κ3) is 5.68. The summed E-state index contributed by atoms with van der Waals surface area (Å²) in [5.74, 6) is 2.17. The van der Waals surface area contributed by atoms with Crippen LogP contribution in [0.1, 0.15) is 34.1 Å². The van der Waals surface area contributed by atoms with E-state index in [2.05, 4.69) is 27.7 Å². The van der Waals surface area contributed by atoms with Crippen LogP contribution in [0.3, 0.4) is 0 Å². The third-order valence-electron chi connectivity index (χ3n) is 1.59. The van der Waals surface area contributed by atoms with Crippen molar-refractivity contribution in [3.05, 3.63) is 23.7 Å². The predicted octanol–water partition coefficient (Wildman–Crippen LogP) is 3.66. The highest BCUT2D eigenvalue weighted by atomic mass is 16.5. The first kappa shape index (κ1) is 13.1.